The molecule has 4 N–H and O–H groups in total. The quantitative estimate of drug-likeness (QED) is 0.555. The van der Waals surface area contributed by atoms with E-state index in [1.807, 2.05) is 34.0 Å². The van der Waals surface area contributed by atoms with E-state index in [1.165, 1.54) is 0 Å². The van der Waals surface area contributed by atoms with E-state index >= 15 is 0 Å². The van der Waals surface area contributed by atoms with Crippen LogP contribution >= 0.6 is 0 Å². The van der Waals surface area contributed by atoms with Crippen LogP contribution in [0.1, 0.15) is 23.4 Å². The Kier molecular flexibility index (Phi) is 4.49. The Bertz CT molecular complexity index is 543. The third-order valence-electron chi connectivity index (χ3n) is 3.85. The molecule has 0 aromatic carbocycles. The minimum atomic E-state index is -0.344. The molecule has 1 aliphatic heterocycles. The van der Waals surface area contributed by atoms with Gasteiger partial charge in [0.2, 0.25) is 0 Å². The van der Waals surface area contributed by atoms with E-state index in [0.717, 1.165) is 30.0 Å². The van der Waals surface area contributed by atoms with Crippen molar-refractivity contribution in [1.82, 2.24) is 9.88 Å². The molecule has 2 unspecified atom stereocenters. The number of anilines is 1. The normalized spacial score (nSPS) is 22.1. The van der Waals surface area contributed by atoms with E-state index in [9.17, 15) is 5.11 Å². The van der Waals surface area contributed by atoms with E-state index in [-0.39, 0.29) is 18.0 Å². The number of nitrogens with two attached hydrogens (primary N) is 1. The highest BCUT2D eigenvalue weighted by Gasteiger charge is 2.33. The van der Waals surface area contributed by atoms with Gasteiger partial charge in [-0.3, -0.25) is 10.4 Å². The molecule has 116 valence electrons. The molecule has 1 aromatic rings. The number of amidine groups is 1. The van der Waals surface area contributed by atoms with Gasteiger partial charge in [0, 0.05) is 24.8 Å². The maximum Gasteiger partial charge on any atom is 0.126 e. The molecule has 0 aliphatic carbocycles. The SMILES string of the molecule is Cc1cc(N2CC(O)CC2CN(C)C)c(C(=N)N)c(C)n1. The molecule has 2 rings (SSSR count). The second-order valence-electron chi connectivity index (χ2n) is 6.11. The number of aromatic nitrogens is 1. The number of rotatable bonds is 4. The summed E-state index contributed by atoms with van der Waals surface area (Å²) in [6.07, 6.45) is 0.388. The molecule has 0 spiro atoms. The van der Waals surface area contributed by atoms with Crippen LogP contribution in [0, 0.1) is 19.3 Å². The zero-order valence-corrected chi connectivity index (χ0v) is 13.2. The van der Waals surface area contributed by atoms with Gasteiger partial charge < -0.3 is 20.6 Å². The Labute approximate surface area is 126 Å². The summed E-state index contributed by atoms with van der Waals surface area (Å²) in [5.74, 6) is 0.0278. The number of pyridine rings is 1. The van der Waals surface area contributed by atoms with Gasteiger partial charge in [0.15, 0.2) is 0 Å². The molecule has 0 amide bonds. The van der Waals surface area contributed by atoms with E-state index in [0.29, 0.717) is 12.1 Å². The number of hydrogen-bond donors (Lipinski definition) is 3. The van der Waals surface area contributed by atoms with Gasteiger partial charge in [-0.25, -0.2) is 0 Å². The number of nitrogen functional groups attached to an aromatic ring is 1. The fourth-order valence-corrected chi connectivity index (χ4v) is 3.15. The Morgan fingerprint density at radius 2 is 2.19 bits per heavy atom. The minimum Gasteiger partial charge on any atom is -0.391 e. The van der Waals surface area contributed by atoms with E-state index in [1.54, 1.807) is 0 Å². The number of hydrogen-bond acceptors (Lipinski definition) is 5. The van der Waals surface area contributed by atoms with Crippen molar-refractivity contribution in [2.24, 2.45) is 5.73 Å². The number of β-amino-alcohol motifs (C(OH)–C–C–N with tert-alkyl or cyclic N) is 1. The van der Waals surface area contributed by atoms with Crippen molar-refractivity contribution in [3.8, 4) is 0 Å². The molecular weight excluding hydrogens is 266 g/mol. The van der Waals surface area contributed by atoms with Crippen molar-refractivity contribution in [3.63, 3.8) is 0 Å². The Morgan fingerprint density at radius 3 is 2.76 bits per heavy atom. The van der Waals surface area contributed by atoms with Gasteiger partial charge in [0.05, 0.1) is 23.0 Å². The van der Waals surface area contributed by atoms with Crippen molar-refractivity contribution in [2.75, 3.05) is 32.1 Å². The standard InChI is InChI=1S/C15H25N5O/c1-9-5-13(14(15(16)17)10(2)18-9)20-8-12(21)6-11(20)7-19(3)4/h5,11-12,21H,6-8H2,1-4H3,(H3,16,17). The summed E-state index contributed by atoms with van der Waals surface area (Å²) in [5, 5.41) is 17.9. The van der Waals surface area contributed by atoms with Gasteiger partial charge in [-0.05, 0) is 40.4 Å². The maximum atomic E-state index is 10.1. The fourth-order valence-electron chi connectivity index (χ4n) is 3.15. The highest BCUT2D eigenvalue weighted by atomic mass is 16.3. The lowest BCUT2D eigenvalue weighted by Gasteiger charge is -2.31. The van der Waals surface area contributed by atoms with Crippen LogP contribution < -0.4 is 10.6 Å². The Balaban J connectivity index is 2.46. The molecule has 0 radical (unpaired) electrons. The molecule has 1 fully saturated rings. The van der Waals surface area contributed by atoms with Crippen LogP contribution in [0.3, 0.4) is 0 Å². The third-order valence-corrected chi connectivity index (χ3v) is 3.85. The number of aliphatic hydroxyl groups is 1. The van der Waals surface area contributed by atoms with Gasteiger partial charge in [0.25, 0.3) is 0 Å². The molecule has 2 heterocycles. The minimum absolute atomic E-state index is 0.0278. The Morgan fingerprint density at radius 1 is 1.52 bits per heavy atom. The lowest BCUT2D eigenvalue weighted by Crippen LogP contribution is -2.39. The van der Waals surface area contributed by atoms with Gasteiger partial charge >= 0.3 is 0 Å². The van der Waals surface area contributed by atoms with Crippen molar-refractivity contribution in [2.45, 2.75) is 32.4 Å². The molecular formula is C15H25N5O. The fraction of sp³-hybridized carbons (Fsp3) is 0.600. The van der Waals surface area contributed by atoms with Crippen LogP contribution in [-0.2, 0) is 0 Å². The first-order chi connectivity index (χ1) is 9.79. The van der Waals surface area contributed by atoms with Crippen LogP contribution in [0.5, 0.6) is 0 Å². The molecule has 0 bridgehead atoms. The van der Waals surface area contributed by atoms with Crippen LogP contribution in [0.4, 0.5) is 5.69 Å². The number of aryl methyl sites for hydroxylation is 2. The summed E-state index contributed by atoms with van der Waals surface area (Å²) < 4.78 is 0. The van der Waals surface area contributed by atoms with Gasteiger partial charge in [-0.1, -0.05) is 0 Å². The first kappa shape index (κ1) is 15.7. The largest absolute Gasteiger partial charge is 0.391 e. The maximum absolute atomic E-state index is 10.1. The second kappa shape index (κ2) is 5.99. The number of aliphatic hydroxyl groups excluding tert-OH is 1. The van der Waals surface area contributed by atoms with Crippen molar-refractivity contribution in [3.05, 3.63) is 23.0 Å². The lowest BCUT2D eigenvalue weighted by atomic mass is 10.1. The molecule has 6 nitrogen and oxygen atoms in total. The molecule has 1 aliphatic rings. The third kappa shape index (κ3) is 3.33. The smallest absolute Gasteiger partial charge is 0.126 e. The first-order valence-electron chi connectivity index (χ1n) is 7.21. The molecule has 2 atom stereocenters. The summed E-state index contributed by atoms with van der Waals surface area (Å²) in [4.78, 5) is 8.70. The molecule has 1 aromatic heterocycles. The van der Waals surface area contributed by atoms with E-state index in [4.69, 9.17) is 11.1 Å². The molecule has 21 heavy (non-hydrogen) atoms. The average molecular weight is 291 g/mol. The van der Waals surface area contributed by atoms with Crippen LogP contribution in [0.25, 0.3) is 0 Å². The second-order valence-corrected chi connectivity index (χ2v) is 6.11. The highest BCUT2D eigenvalue weighted by molar-refractivity contribution is 6.01. The highest BCUT2D eigenvalue weighted by Crippen LogP contribution is 2.31. The topological polar surface area (TPSA) is 89.5 Å². The molecule has 0 saturated carbocycles. The number of nitrogens with one attached hydrogen (secondary N) is 1. The van der Waals surface area contributed by atoms with E-state index in [2.05, 4.69) is 14.8 Å². The average Bonchev–Trinajstić information content (AvgIpc) is 2.67. The van der Waals surface area contributed by atoms with Crippen LogP contribution in [-0.4, -0.2) is 60.2 Å². The van der Waals surface area contributed by atoms with Gasteiger partial charge in [-0.2, -0.15) is 0 Å². The van der Waals surface area contributed by atoms with Crippen molar-refractivity contribution in [1.29, 1.82) is 5.41 Å². The van der Waals surface area contributed by atoms with Crippen molar-refractivity contribution < 1.29 is 5.11 Å². The monoisotopic (exact) mass is 291 g/mol. The zero-order valence-electron chi connectivity index (χ0n) is 13.2. The first-order valence-corrected chi connectivity index (χ1v) is 7.21. The molecule has 6 heteroatoms. The number of likely N-dealkylation sites (N-methyl/N-ethyl adjacent to an activating group) is 1. The molecule has 1 saturated heterocycles. The summed E-state index contributed by atoms with van der Waals surface area (Å²) in [6, 6.07) is 2.18. The Hall–Kier alpha value is -1.66. The summed E-state index contributed by atoms with van der Waals surface area (Å²) >= 11 is 0. The summed E-state index contributed by atoms with van der Waals surface area (Å²) in [5.41, 5.74) is 9.02. The van der Waals surface area contributed by atoms with Gasteiger partial charge in [0.1, 0.15) is 5.84 Å². The van der Waals surface area contributed by atoms with Crippen molar-refractivity contribution >= 4 is 11.5 Å². The predicted octanol–water partition coefficient (Wildman–Crippen LogP) is 0.484. The van der Waals surface area contributed by atoms with E-state index < -0.39 is 0 Å². The summed E-state index contributed by atoms with van der Waals surface area (Å²) in [7, 11) is 4.05. The lowest BCUT2D eigenvalue weighted by molar-refractivity contribution is 0.191. The zero-order chi connectivity index (χ0) is 15.7. The van der Waals surface area contributed by atoms with Crippen LogP contribution in [0.15, 0.2) is 6.07 Å². The number of nitrogens with zero attached hydrogens (tertiary/aromatic N) is 3. The van der Waals surface area contributed by atoms with Crippen LogP contribution in [0.2, 0.25) is 0 Å². The van der Waals surface area contributed by atoms with Gasteiger partial charge in [-0.15, -0.1) is 0 Å². The summed E-state index contributed by atoms with van der Waals surface area (Å²) in [6.45, 7) is 5.24. The predicted molar refractivity (Wildman–Crippen MR) is 85.0 cm³/mol.